The molecule has 0 unspecified atom stereocenters. The van der Waals surface area contributed by atoms with E-state index in [4.69, 9.17) is 0 Å². The molecule has 138 valence electrons. The summed E-state index contributed by atoms with van der Waals surface area (Å²) >= 11 is 0. The molecule has 2 N–H and O–H groups in total. The first-order valence-corrected chi connectivity index (χ1v) is 9.41. The Kier molecular flexibility index (Phi) is 3.50. The van der Waals surface area contributed by atoms with Gasteiger partial charge in [-0.3, -0.25) is 10.1 Å². The van der Waals surface area contributed by atoms with E-state index in [-0.39, 0.29) is 22.2 Å². The van der Waals surface area contributed by atoms with Crippen molar-refractivity contribution in [2.75, 3.05) is 5.32 Å². The quantitative estimate of drug-likeness (QED) is 0.614. The van der Waals surface area contributed by atoms with Gasteiger partial charge in [-0.1, -0.05) is 24.3 Å². The fourth-order valence-corrected chi connectivity index (χ4v) is 5.85. The number of nitrogens with one attached hydrogen (secondary N) is 1. The van der Waals surface area contributed by atoms with Gasteiger partial charge in [0.1, 0.15) is 0 Å². The Bertz CT molecular complexity index is 957. The predicted octanol–water partition coefficient (Wildman–Crippen LogP) is 4.59. The third-order valence-corrected chi connectivity index (χ3v) is 6.79. The highest BCUT2D eigenvalue weighted by Gasteiger charge is 2.54. The molecule has 6 nitrogen and oxygen atoms in total. The van der Waals surface area contributed by atoms with Crippen molar-refractivity contribution in [1.29, 1.82) is 0 Å². The van der Waals surface area contributed by atoms with Gasteiger partial charge in [0, 0.05) is 12.1 Å². The van der Waals surface area contributed by atoms with Crippen LogP contribution in [0.25, 0.3) is 0 Å². The monoisotopic (exact) mass is 364 g/mol. The number of hydrogen-bond donors (Lipinski definition) is 2. The standard InChI is InChI=1S/C21H20N2O4/c24-21(25)16-6-2-5-15-17-11-7-8-12(9-11)18(17)19(22-20(15)16)13-3-1-4-14(10-13)23(26)27/h1-6,10-12,17-19,22H,7-9H2,(H,24,25)/t11-,12-,17-,18+,19+/m0/s1. The molecule has 3 aliphatic rings. The maximum absolute atomic E-state index is 11.8. The minimum absolute atomic E-state index is 0.0753. The van der Waals surface area contributed by atoms with Crippen LogP contribution in [0.2, 0.25) is 0 Å². The number of aromatic carboxylic acids is 1. The Morgan fingerprint density at radius 2 is 1.93 bits per heavy atom. The molecular weight excluding hydrogens is 344 g/mol. The summed E-state index contributed by atoms with van der Waals surface area (Å²) in [6, 6.07) is 12.2. The molecule has 6 heteroatoms. The molecule has 27 heavy (non-hydrogen) atoms. The average Bonchev–Trinajstić information content (AvgIpc) is 3.29. The molecule has 0 amide bonds. The molecule has 1 heterocycles. The van der Waals surface area contributed by atoms with E-state index in [0.717, 1.165) is 11.1 Å². The normalized spacial score (nSPS) is 30.3. The third kappa shape index (κ3) is 2.36. The van der Waals surface area contributed by atoms with Crippen molar-refractivity contribution in [2.24, 2.45) is 17.8 Å². The van der Waals surface area contributed by atoms with Crippen LogP contribution in [-0.2, 0) is 0 Å². The second-order valence-corrected chi connectivity index (χ2v) is 7.99. The average molecular weight is 364 g/mol. The van der Waals surface area contributed by atoms with E-state index in [9.17, 15) is 20.0 Å². The maximum atomic E-state index is 11.8. The highest BCUT2D eigenvalue weighted by Crippen LogP contribution is 2.64. The van der Waals surface area contributed by atoms with E-state index < -0.39 is 5.97 Å². The summed E-state index contributed by atoms with van der Waals surface area (Å²) in [5, 5.41) is 24.4. The zero-order valence-corrected chi connectivity index (χ0v) is 14.7. The van der Waals surface area contributed by atoms with Gasteiger partial charge < -0.3 is 10.4 Å². The van der Waals surface area contributed by atoms with Crippen LogP contribution in [0.5, 0.6) is 0 Å². The Morgan fingerprint density at radius 1 is 1.15 bits per heavy atom. The van der Waals surface area contributed by atoms with Gasteiger partial charge in [0.15, 0.2) is 0 Å². The van der Waals surface area contributed by atoms with Crippen LogP contribution in [0.3, 0.4) is 0 Å². The van der Waals surface area contributed by atoms with Crippen LogP contribution in [0, 0.1) is 27.9 Å². The zero-order chi connectivity index (χ0) is 18.7. The van der Waals surface area contributed by atoms with E-state index in [1.165, 1.54) is 25.3 Å². The van der Waals surface area contributed by atoms with Gasteiger partial charge in [0.05, 0.1) is 22.2 Å². The van der Waals surface area contributed by atoms with Crippen molar-refractivity contribution in [2.45, 2.75) is 31.2 Å². The number of carbonyl (C=O) groups is 1. The molecule has 1 aliphatic heterocycles. The lowest BCUT2D eigenvalue weighted by Gasteiger charge is -2.43. The summed E-state index contributed by atoms with van der Waals surface area (Å²) in [6.07, 6.45) is 3.54. The number of nitro benzene ring substituents is 1. The highest BCUT2D eigenvalue weighted by molar-refractivity contribution is 5.95. The molecular formula is C21H20N2O4. The third-order valence-electron chi connectivity index (χ3n) is 6.79. The fourth-order valence-electron chi connectivity index (χ4n) is 5.85. The Labute approximate surface area is 156 Å². The SMILES string of the molecule is O=C(O)c1cccc2c1N[C@H](c1cccc([N+](=O)[O-])c1)[C@@H]1[C@H]3CC[C@@H](C3)[C@@H]21. The lowest BCUT2D eigenvalue weighted by molar-refractivity contribution is -0.384. The lowest BCUT2D eigenvalue weighted by atomic mass is 9.67. The zero-order valence-electron chi connectivity index (χ0n) is 14.7. The Hall–Kier alpha value is -2.89. The minimum Gasteiger partial charge on any atom is -0.478 e. The number of nitro groups is 1. The number of carboxylic acids is 1. The summed E-state index contributed by atoms with van der Waals surface area (Å²) in [6.45, 7) is 0. The van der Waals surface area contributed by atoms with Gasteiger partial charge in [-0.2, -0.15) is 0 Å². The summed E-state index contributed by atoms with van der Waals surface area (Å²) in [5.74, 6) is 0.883. The Balaban J connectivity index is 1.66. The number of rotatable bonds is 3. The second-order valence-electron chi connectivity index (χ2n) is 7.99. The van der Waals surface area contributed by atoms with E-state index >= 15 is 0 Å². The van der Waals surface area contributed by atoms with E-state index in [0.29, 0.717) is 29.4 Å². The number of hydrogen-bond acceptors (Lipinski definition) is 4. The van der Waals surface area contributed by atoms with Crippen molar-refractivity contribution < 1.29 is 14.8 Å². The first-order chi connectivity index (χ1) is 13.0. The highest BCUT2D eigenvalue weighted by atomic mass is 16.6. The predicted molar refractivity (Wildman–Crippen MR) is 99.9 cm³/mol. The number of carboxylic acid groups (broad SMARTS) is 1. The number of nitrogens with zero attached hydrogens (tertiary/aromatic N) is 1. The number of anilines is 1. The number of fused-ring (bicyclic) bond motifs is 7. The first kappa shape index (κ1) is 16.3. The van der Waals surface area contributed by atoms with E-state index in [1.54, 1.807) is 18.2 Å². The van der Waals surface area contributed by atoms with Crippen molar-refractivity contribution in [1.82, 2.24) is 0 Å². The number of benzene rings is 2. The van der Waals surface area contributed by atoms with Gasteiger partial charge in [-0.05, 0) is 60.1 Å². The van der Waals surface area contributed by atoms with E-state index in [1.807, 2.05) is 12.1 Å². The first-order valence-electron chi connectivity index (χ1n) is 9.41. The van der Waals surface area contributed by atoms with Crippen LogP contribution in [-0.4, -0.2) is 16.0 Å². The van der Waals surface area contributed by atoms with Gasteiger partial charge in [0.2, 0.25) is 0 Å². The van der Waals surface area contributed by atoms with Crippen molar-refractivity contribution in [3.63, 3.8) is 0 Å². The Morgan fingerprint density at radius 3 is 2.70 bits per heavy atom. The number of non-ortho nitro benzene ring substituents is 1. The fraction of sp³-hybridized carbons (Fsp3) is 0.381. The van der Waals surface area contributed by atoms with Crippen LogP contribution >= 0.6 is 0 Å². The van der Waals surface area contributed by atoms with Crippen LogP contribution in [0.4, 0.5) is 11.4 Å². The summed E-state index contributed by atoms with van der Waals surface area (Å²) in [4.78, 5) is 22.6. The molecule has 2 aromatic carbocycles. The molecule has 2 aliphatic carbocycles. The smallest absolute Gasteiger partial charge is 0.337 e. The maximum Gasteiger partial charge on any atom is 0.337 e. The van der Waals surface area contributed by atoms with Crippen LogP contribution < -0.4 is 5.32 Å². The molecule has 2 fully saturated rings. The van der Waals surface area contributed by atoms with Crippen LogP contribution in [0.1, 0.15) is 52.7 Å². The topological polar surface area (TPSA) is 92.5 Å². The largest absolute Gasteiger partial charge is 0.478 e. The lowest BCUT2D eigenvalue weighted by Crippen LogP contribution is -2.36. The summed E-state index contributed by atoms with van der Waals surface area (Å²) < 4.78 is 0. The molecule has 2 bridgehead atoms. The molecule has 0 spiro atoms. The second kappa shape index (κ2) is 5.81. The van der Waals surface area contributed by atoms with Gasteiger partial charge in [0.25, 0.3) is 5.69 Å². The van der Waals surface area contributed by atoms with Crippen molar-refractivity contribution in [3.05, 3.63) is 69.3 Å². The van der Waals surface area contributed by atoms with Crippen LogP contribution in [0.15, 0.2) is 42.5 Å². The molecule has 2 saturated carbocycles. The molecule has 0 saturated heterocycles. The number of para-hydroxylation sites is 1. The summed E-state index contributed by atoms with van der Waals surface area (Å²) in [5.41, 5.74) is 3.03. The molecule has 0 radical (unpaired) electrons. The molecule has 2 aromatic rings. The molecule has 5 atom stereocenters. The van der Waals surface area contributed by atoms with Crippen molar-refractivity contribution in [3.8, 4) is 0 Å². The molecule has 0 aromatic heterocycles. The van der Waals surface area contributed by atoms with Gasteiger partial charge >= 0.3 is 5.97 Å². The summed E-state index contributed by atoms with van der Waals surface area (Å²) in [7, 11) is 0. The minimum atomic E-state index is -0.946. The van der Waals surface area contributed by atoms with Gasteiger partial charge in [-0.15, -0.1) is 0 Å². The van der Waals surface area contributed by atoms with E-state index in [2.05, 4.69) is 11.4 Å². The van der Waals surface area contributed by atoms with Crippen molar-refractivity contribution >= 4 is 17.3 Å². The van der Waals surface area contributed by atoms with Gasteiger partial charge in [-0.25, -0.2) is 4.79 Å². The molecule has 5 rings (SSSR count).